The fourth-order valence-electron chi connectivity index (χ4n) is 1.95. The van der Waals surface area contributed by atoms with Crippen molar-refractivity contribution in [2.45, 2.75) is 19.6 Å². The number of hydrogen-bond donors (Lipinski definition) is 1. The third-order valence-corrected chi connectivity index (χ3v) is 3.02. The second kappa shape index (κ2) is 6.98. The van der Waals surface area contributed by atoms with Gasteiger partial charge in [-0.3, -0.25) is 4.79 Å². The molecular formula is C16H14F3NO2. The van der Waals surface area contributed by atoms with E-state index < -0.39 is 24.4 Å². The summed E-state index contributed by atoms with van der Waals surface area (Å²) in [6.45, 7) is -1.22. The van der Waals surface area contributed by atoms with Gasteiger partial charge in [0.05, 0.1) is 6.04 Å². The lowest BCUT2D eigenvalue weighted by Gasteiger charge is -2.15. The zero-order chi connectivity index (χ0) is 16.1. The zero-order valence-corrected chi connectivity index (χ0v) is 11.7. The Bertz CT molecular complexity index is 661. The average molecular weight is 309 g/mol. The van der Waals surface area contributed by atoms with Crippen LogP contribution in [0, 0.1) is 5.82 Å². The molecule has 0 aliphatic heterocycles. The van der Waals surface area contributed by atoms with E-state index in [1.165, 1.54) is 30.3 Å². The Balaban J connectivity index is 2.08. The average Bonchev–Trinajstić information content (AvgIpc) is 2.46. The lowest BCUT2D eigenvalue weighted by Crippen LogP contribution is -2.26. The van der Waals surface area contributed by atoms with Crippen molar-refractivity contribution in [1.29, 1.82) is 0 Å². The lowest BCUT2D eigenvalue weighted by atomic mass is 10.1. The largest absolute Gasteiger partial charge is 0.435 e. The summed E-state index contributed by atoms with van der Waals surface area (Å²) in [5.41, 5.74) is 0.787. The summed E-state index contributed by atoms with van der Waals surface area (Å²) in [6.07, 6.45) is 0. The van der Waals surface area contributed by atoms with Crippen LogP contribution in [-0.4, -0.2) is 12.5 Å². The molecule has 0 bridgehead atoms. The van der Waals surface area contributed by atoms with Gasteiger partial charge in [-0.05, 0) is 42.8 Å². The summed E-state index contributed by atoms with van der Waals surface area (Å²) in [6, 6.07) is 10.9. The van der Waals surface area contributed by atoms with E-state index in [4.69, 9.17) is 0 Å². The molecule has 2 aromatic carbocycles. The van der Waals surface area contributed by atoms with Crippen molar-refractivity contribution in [2.24, 2.45) is 0 Å². The summed E-state index contributed by atoms with van der Waals surface area (Å²) in [5, 5.41) is 2.67. The molecule has 0 saturated heterocycles. The topological polar surface area (TPSA) is 38.3 Å². The Morgan fingerprint density at radius 2 is 1.86 bits per heavy atom. The molecule has 0 saturated carbocycles. The molecule has 2 rings (SSSR count). The van der Waals surface area contributed by atoms with E-state index in [1.807, 2.05) is 0 Å². The maximum absolute atomic E-state index is 13.1. The fourth-order valence-corrected chi connectivity index (χ4v) is 1.95. The molecule has 1 atom stereocenters. The molecule has 0 aliphatic rings. The minimum absolute atomic E-state index is 0.0133. The van der Waals surface area contributed by atoms with E-state index in [1.54, 1.807) is 19.1 Å². The Morgan fingerprint density at radius 1 is 1.14 bits per heavy atom. The lowest BCUT2D eigenvalue weighted by molar-refractivity contribution is -0.0499. The second-order valence-corrected chi connectivity index (χ2v) is 4.66. The number of carbonyl (C=O) groups is 1. The molecule has 0 fully saturated rings. The van der Waals surface area contributed by atoms with Gasteiger partial charge >= 0.3 is 6.61 Å². The highest BCUT2D eigenvalue weighted by Crippen LogP contribution is 2.21. The van der Waals surface area contributed by atoms with Crippen molar-refractivity contribution in [3.8, 4) is 5.75 Å². The van der Waals surface area contributed by atoms with E-state index in [2.05, 4.69) is 10.1 Å². The number of carbonyl (C=O) groups excluding carboxylic acids is 1. The number of benzene rings is 2. The van der Waals surface area contributed by atoms with Gasteiger partial charge in [-0.15, -0.1) is 0 Å². The number of nitrogens with one attached hydrogen (secondary N) is 1. The summed E-state index contributed by atoms with van der Waals surface area (Å²) < 4.78 is 41.8. The maximum Gasteiger partial charge on any atom is 0.387 e. The first kappa shape index (κ1) is 15.9. The van der Waals surface area contributed by atoms with E-state index in [-0.39, 0.29) is 11.3 Å². The summed E-state index contributed by atoms with van der Waals surface area (Å²) in [5.74, 6) is -0.945. The molecule has 22 heavy (non-hydrogen) atoms. The molecule has 116 valence electrons. The van der Waals surface area contributed by atoms with Crippen LogP contribution < -0.4 is 10.1 Å². The van der Waals surface area contributed by atoms with Crippen LogP contribution >= 0.6 is 0 Å². The van der Waals surface area contributed by atoms with Crippen LogP contribution in [0.1, 0.15) is 28.9 Å². The number of rotatable bonds is 5. The highest BCUT2D eigenvalue weighted by molar-refractivity contribution is 5.94. The smallest absolute Gasteiger partial charge is 0.387 e. The predicted octanol–water partition coefficient (Wildman–Crippen LogP) is 3.92. The van der Waals surface area contributed by atoms with E-state index in [0.717, 1.165) is 6.07 Å². The Labute approximate surface area is 125 Å². The molecule has 0 aliphatic carbocycles. The molecule has 1 N–H and O–H groups in total. The number of alkyl halides is 2. The van der Waals surface area contributed by atoms with Crippen molar-refractivity contribution in [3.63, 3.8) is 0 Å². The first-order valence-electron chi connectivity index (χ1n) is 6.57. The number of halogens is 3. The molecule has 0 radical (unpaired) electrons. The summed E-state index contributed by atoms with van der Waals surface area (Å²) >= 11 is 0. The van der Waals surface area contributed by atoms with Crippen LogP contribution in [-0.2, 0) is 0 Å². The summed E-state index contributed by atoms with van der Waals surface area (Å²) in [4.78, 5) is 12.0. The van der Waals surface area contributed by atoms with Crippen molar-refractivity contribution in [1.82, 2.24) is 5.32 Å². The Hall–Kier alpha value is -2.50. The van der Waals surface area contributed by atoms with Gasteiger partial charge in [-0.2, -0.15) is 8.78 Å². The number of ether oxygens (including phenoxy) is 1. The predicted molar refractivity (Wildman–Crippen MR) is 75.4 cm³/mol. The van der Waals surface area contributed by atoms with E-state index in [9.17, 15) is 18.0 Å². The molecule has 0 unspecified atom stereocenters. The van der Waals surface area contributed by atoms with Crippen LogP contribution in [0.2, 0.25) is 0 Å². The second-order valence-electron chi connectivity index (χ2n) is 4.66. The number of amides is 1. The van der Waals surface area contributed by atoms with E-state index >= 15 is 0 Å². The third kappa shape index (κ3) is 4.25. The third-order valence-electron chi connectivity index (χ3n) is 3.02. The summed E-state index contributed by atoms with van der Waals surface area (Å²) in [7, 11) is 0. The maximum atomic E-state index is 13.1. The quantitative estimate of drug-likeness (QED) is 0.909. The van der Waals surface area contributed by atoms with Gasteiger partial charge < -0.3 is 10.1 Å². The van der Waals surface area contributed by atoms with Crippen molar-refractivity contribution in [3.05, 3.63) is 65.5 Å². The van der Waals surface area contributed by atoms with Crippen LogP contribution in [0.15, 0.2) is 48.5 Å². The van der Waals surface area contributed by atoms with Gasteiger partial charge in [-0.1, -0.05) is 18.2 Å². The van der Waals surface area contributed by atoms with Crippen LogP contribution in [0.3, 0.4) is 0 Å². The molecule has 0 heterocycles. The van der Waals surface area contributed by atoms with Crippen molar-refractivity contribution in [2.75, 3.05) is 0 Å². The van der Waals surface area contributed by atoms with Gasteiger partial charge in [0.25, 0.3) is 5.91 Å². The van der Waals surface area contributed by atoms with Crippen LogP contribution in [0.5, 0.6) is 5.75 Å². The molecule has 2 aromatic rings. The molecule has 3 nitrogen and oxygen atoms in total. The molecule has 6 heteroatoms. The Morgan fingerprint density at radius 3 is 2.55 bits per heavy atom. The highest BCUT2D eigenvalue weighted by Gasteiger charge is 2.13. The first-order chi connectivity index (χ1) is 10.5. The van der Waals surface area contributed by atoms with Crippen molar-refractivity contribution < 1.29 is 22.7 Å². The van der Waals surface area contributed by atoms with Crippen molar-refractivity contribution >= 4 is 5.91 Å². The zero-order valence-electron chi connectivity index (χ0n) is 11.7. The highest BCUT2D eigenvalue weighted by atomic mass is 19.3. The van der Waals surface area contributed by atoms with Gasteiger partial charge in [0, 0.05) is 5.56 Å². The first-order valence-corrected chi connectivity index (χ1v) is 6.57. The fraction of sp³-hybridized carbons (Fsp3) is 0.188. The van der Waals surface area contributed by atoms with Gasteiger partial charge in [-0.25, -0.2) is 4.39 Å². The minimum atomic E-state index is -2.91. The SMILES string of the molecule is C[C@@H](NC(=O)c1cccc(F)c1)c1cccc(OC(F)F)c1. The van der Waals surface area contributed by atoms with Gasteiger partial charge in [0.1, 0.15) is 11.6 Å². The van der Waals surface area contributed by atoms with Crippen LogP contribution in [0.4, 0.5) is 13.2 Å². The number of hydrogen-bond acceptors (Lipinski definition) is 2. The molecule has 0 spiro atoms. The minimum Gasteiger partial charge on any atom is -0.435 e. The standard InChI is InChI=1S/C16H14F3NO2/c1-10(11-4-3-7-14(9-11)22-16(18)19)20-15(21)12-5-2-6-13(17)8-12/h2-10,16H,1H3,(H,20,21)/t10-/m1/s1. The van der Waals surface area contributed by atoms with Crippen LogP contribution in [0.25, 0.3) is 0 Å². The molecule has 1 amide bonds. The normalized spacial score (nSPS) is 12.0. The molecular weight excluding hydrogens is 295 g/mol. The monoisotopic (exact) mass is 309 g/mol. The Kier molecular flexibility index (Phi) is 5.04. The van der Waals surface area contributed by atoms with Gasteiger partial charge in [0.15, 0.2) is 0 Å². The van der Waals surface area contributed by atoms with E-state index in [0.29, 0.717) is 5.56 Å². The molecule has 0 aromatic heterocycles. The van der Waals surface area contributed by atoms with Gasteiger partial charge in [0.2, 0.25) is 0 Å².